The molecule has 0 saturated carbocycles. The lowest BCUT2D eigenvalue weighted by Gasteiger charge is -2.05. The van der Waals surface area contributed by atoms with Crippen LogP contribution in [0.5, 0.6) is 5.75 Å². The van der Waals surface area contributed by atoms with E-state index in [-0.39, 0.29) is 5.56 Å². The van der Waals surface area contributed by atoms with Crippen LogP contribution in [0.4, 0.5) is 0 Å². The van der Waals surface area contributed by atoms with E-state index in [4.69, 9.17) is 4.74 Å². The van der Waals surface area contributed by atoms with Crippen molar-refractivity contribution < 1.29 is 4.74 Å². The summed E-state index contributed by atoms with van der Waals surface area (Å²) < 4.78 is 5.77. The highest BCUT2D eigenvalue weighted by molar-refractivity contribution is 5.99. The average Bonchev–Trinajstić information content (AvgIpc) is 2.56. The van der Waals surface area contributed by atoms with E-state index < -0.39 is 0 Å². The van der Waals surface area contributed by atoms with Gasteiger partial charge in [-0.25, -0.2) is 4.98 Å². The van der Waals surface area contributed by atoms with Crippen LogP contribution in [0.1, 0.15) is 6.92 Å². The van der Waals surface area contributed by atoms with Crippen LogP contribution in [0.2, 0.25) is 0 Å². The minimum absolute atomic E-state index is 0.224. The van der Waals surface area contributed by atoms with Gasteiger partial charge in [0.05, 0.1) is 17.5 Å². The lowest BCUT2D eigenvalue weighted by molar-refractivity contribution is 0.348. The van der Waals surface area contributed by atoms with E-state index in [1.54, 1.807) is 6.07 Å². The molecule has 0 aliphatic rings. The zero-order valence-electron chi connectivity index (χ0n) is 10.6. The third-order valence-electron chi connectivity index (χ3n) is 3.06. The SMILES string of the molecule is CCOc1c2ccccc2nc(=O)c2ccccc12. The summed E-state index contributed by atoms with van der Waals surface area (Å²) in [5, 5.41) is 2.26. The van der Waals surface area contributed by atoms with Gasteiger partial charge < -0.3 is 4.74 Å². The van der Waals surface area contributed by atoms with Crippen LogP contribution >= 0.6 is 0 Å². The average molecular weight is 251 g/mol. The Kier molecular flexibility index (Phi) is 2.88. The van der Waals surface area contributed by atoms with Crippen molar-refractivity contribution in [3.05, 3.63) is 58.9 Å². The first kappa shape index (κ1) is 11.7. The molecule has 3 heteroatoms. The first-order valence-electron chi connectivity index (χ1n) is 6.26. The number of hydrogen-bond acceptors (Lipinski definition) is 3. The molecule has 1 heterocycles. The molecule has 1 aromatic heterocycles. The van der Waals surface area contributed by atoms with Gasteiger partial charge in [0, 0.05) is 10.8 Å². The predicted octanol–water partition coefficient (Wildman–Crippen LogP) is 3.15. The van der Waals surface area contributed by atoms with Crippen LogP contribution in [0.15, 0.2) is 53.3 Å². The van der Waals surface area contributed by atoms with Gasteiger partial charge in [0.15, 0.2) is 0 Å². The molecule has 0 saturated heterocycles. The number of para-hydroxylation sites is 1. The number of hydrogen-bond donors (Lipinski definition) is 0. The molecule has 0 fully saturated rings. The number of benzene rings is 2. The fourth-order valence-electron chi connectivity index (χ4n) is 2.25. The molecule has 2 aromatic carbocycles. The molecule has 0 aliphatic heterocycles. The largest absolute Gasteiger partial charge is 0.493 e. The van der Waals surface area contributed by atoms with E-state index in [0.717, 1.165) is 16.5 Å². The first-order chi connectivity index (χ1) is 9.31. The molecule has 0 radical (unpaired) electrons. The van der Waals surface area contributed by atoms with Gasteiger partial charge >= 0.3 is 0 Å². The van der Waals surface area contributed by atoms with Crippen molar-refractivity contribution >= 4 is 21.7 Å². The molecule has 0 aliphatic carbocycles. The Morgan fingerprint density at radius 1 is 0.947 bits per heavy atom. The van der Waals surface area contributed by atoms with Crippen molar-refractivity contribution in [2.24, 2.45) is 0 Å². The van der Waals surface area contributed by atoms with Crippen molar-refractivity contribution in [3.63, 3.8) is 0 Å². The van der Waals surface area contributed by atoms with Crippen LogP contribution in [-0.2, 0) is 0 Å². The molecule has 3 rings (SSSR count). The smallest absolute Gasteiger partial charge is 0.278 e. The molecule has 3 aromatic rings. The van der Waals surface area contributed by atoms with Gasteiger partial charge in [0.25, 0.3) is 5.56 Å². The maximum Gasteiger partial charge on any atom is 0.278 e. The Hall–Kier alpha value is -2.42. The Morgan fingerprint density at radius 3 is 2.32 bits per heavy atom. The Balaban J connectivity index is 2.62. The number of fused-ring (bicyclic) bond motifs is 2. The van der Waals surface area contributed by atoms with Crippen molar-refractivity contribution in [1.29, 1.82) is 0 Å². The van der Waals surface area contributed by atoms with Crippen LogP contribution in [0, 0.1) is 0 Å². The highest BCUT2D eigenvalue weighted by Crippen LogP contribution is 2.29. The summed E-state index contributed by atoms with van der Waals surface area (Å²) in [5.41, 5.74) is 0.435. The molecular weight excluding hydrogens is 238 g/mol. The van der Waals surface area contributed by atoms with E-state index >= 15 is 0 Å². The van der Waals surface area contributed by atoms with Crippen LogP contribution in [0.3, 0.4) is 0 Å². The third-order valence-corrected chi connectivity index (χ3v) is 3.06. The van der Waals surface area contributed by atoms with Gasteiger partial charge in [-0.15, -0.1) is 0 Å². The number of ether oxygens (including phenoxy) is 1. The second-order valence-corrected chi connectivity index (χ2v) is 4.24. The first-order valence-corrected chi connectivity index (χ1v) is 6.26. The van der Waals surface area contributed by atoms with Gasteiger partial charge in [-0.3, -0.25) is 4.79 Å². The molecule has 0 spiro atoms. The van der Waals surface area contributed by atoms with Crippen LogP contribution < -0.4 is 10.3 Å². The minimum Gasteiger partial charge on any atom is -0.493 e. The monoisotopic (exact) mass is 251 g/mol. The third kappa shape index (κ3) is 1.93. The van der Waals surface area contributed by atoms with Crippen molar-refractivity contribution in [3.8, 4) is 5.75 Å². The summed E-state index contributed by atoms with van der Waals surface area (Å²) in [5.74, 6) is 0.725. The van der Waals surface area contributed by atoms with E-state index in [0.29, 0.717) is 17.5 Å². The van der Waals surface area contributed by atoms with Crippen molar-refractivity contribution in [2.75, 3.05) is 6.61 Å². The van der Waals surface area contributed by atoms with Gasteiger partial charge in [-0.1, -0.05) is 30.3 Å². The standard InChI is InChI=1S/C16H13NO2/c1-2-19-15-11-7-3-4-8-12(11)16(18)17-14-10-6-5-9-13(14)15/h3-10H,2H2,1H3. The highest BCUT2D eigenvalue weighted by atomic mass is 16.5. The zero-order chi connectivity index (χ0) is 13.2. The fraction of sp³-hybridized carbons (Fsp3) is 0.125. The quantitative estimate of drug-likeness (QED) is 0.702. The van der Waals surface area contributed by atoms with Gasteiger partial charge in [-0.2, -0.15) is 0 Å². The molecule has 0 bridgehead atoms. The van der Waals surface area contributed by atoms with Crippen LogP contribution in [-0.4, -0.2) is 11.6 Å². The summed E-state index contributed by atoms with van der Waals surface area (Å²) in [6.07, 6.45) is 0. The maximum atomic E-state index is 12.2. The minimum atomic E-state index is -0.224. The van der Waals surface area contributed by atoms with Crippen molar-refractivity contribution in [2.45, 2.75) is 6.92 Å². The summed E-state index contributed by atoms with van der Waals surface area (Å²) in [4.78, 5) is 16.4. The summed E-state index contributed by atoms with van der Waals surface area (Å²) in [6.45, 7) is 2.48. The molecule has 0 unspecified atom stereocenters. The molecule has 0 amide bonds. The lowest BCUT2D eigenvalue weighted by Crippen LogP contribution is -2.01. The fourth-order valence-corrected chi connectivity index (χ4v) is 2.25. The van der Waals surface area contributed by atoms with Gasteiger partial charge in [0.1, 0.15) is 5.75 Å². The lowest BCUT2D eigenvalue weighted by atomic mass is 10.1. The van der Waals surface area contributed by atoms with E-state index in [1.165, 1.54) is 0 Å². The Bertz CT molecular complexity index is 812. The topological polar surface area (TPSA) is 39.2 Å². The predicted molar refractivity (Wildman–Crippen MR) is 76.7 cm³/mol. The van der Waals surface area contributed by atoms with Gasteiger partial charge in [-0.05, 0) is 25.1 Å². The van der Waals surface area contributed by atoms with Crippen molar-refractivity contribution in [1.82, 2.24) is 4.98 Å². The molecular formula is C16H13NO2. The van der Waals surface area contributed by atoms with E-state index in [1.807, 2.05) is 49.4 Å². The Morgan fingerprint density at radius 2 is 1.58 bits per heavy atom. The molecule has 19 heavy (non-hydrogen) atoms. The van der Waals surface area contributed by atoms with Gasteiger partial charge in [0.2, 0.25) is 0 Å². The highest BCUT2D eigenvalue weighted by Gasteiger charge is 2.09. The molecule has 3 nitrogen and oxygen atoms in total. The summed E-state index contributed by atoms with van der Waals surface area (Å²) in [6, 6.07) is 15.0. The Labute approximate surface area is 110 Å². The van der Waals surface area contributed by atoms with E-state index in [2.05, 4.69) is 4.98 Å². The number of rotatable bonds is 2. The molecule has 0 atom stereocenters. The second kappa shape index (κ2) is 4.69. The molecule has 94 valence electrons. The van der Waals surface area contributed by atoms with E-state index in [9.17, 15) is 4.79 Å². The van der Waals surface area contributed by atoms with Crippen LogP contribution in [0.25, 0.3) is 21.7 Å². The normalized spacial score (nSPS) is 10.8. The summed E-state index contributed by atoms with van der Waals surface area (Å²) >= 11 is 0. The number of nitrogens with zero attached hydrogens (tertiary/aromatic N) is 1. The summed E-state index contributed by atoms with van der Waals surface area (Å²) in [7, 11) is 0. The maximum absolute atomic E-state index is 12.2. The number of aromatic nitrogens is 1. The molecule has 0 N–H and O–H groups in total. The zero-order valence-corrected chi connectivity index (χ0v) is 10.6. The second-order valence-electron chi connectivity index (χ2n) is 4.24.